The molecular weight excluding hydrogens is 297 g/mol. The summed E-state index contributed by atoms with van der Waals surface area (Å²) in [5.74, 6) is 0.125. The molecule has 3 N–H and O–H groups in total. The van der Waals surface area contributed by atoms with Crippen LogP contribution < -0.4 is 10.6 Å². The van der Waals surface area contributed by atoms with Crippen LogP contribution in [0.3, 0.4) is 0 Å². The lowest BCUT2D eigenvalue weighted by molar-refractivity contribution is -0.137. The highest BCUT2D eigenvalue weighted by Crippen LogP contribution is 2.30. The lowest BCUT2D eigenvalue weighted by Gasteiger charge is -2.18. The molecule has 0 saturated carbocycles. The molecule has 0 radical (unpaired) electrons. The maximum atomic E-state index is 12.7. The SMILES string of the molecule is CC(CCO)CNC(=O)NC(C)c1cccc(C(F)(F)F)c1. The van der Waals surface area contributed by atoms with Gasteiger partial charge >= 0.3 is 12.2 Å². The van der Waals surface area contributed by atoms with Crippen LogP contribution in [0.4, 0.5) is 18.0 Å². The number of nitrogens with one attached hydrogen (secondary N) is 2. The molecule has 0 fully saturated rings. The number of benzene rings is 1. The fourth-order valence-corrected chi connectivity index (χ4v) is 1.90. The highest BCUT2D eigenvalue weighted by atomic mass is 19.4. The zero-order valence-corrected chi connectivity index (χ0v) is 12.6. The monoisotopic (exact) mass is 318 g/mol. The third-order valence-corrected chi connectivity index (χ3v) is 3.29. The third kappa shape index (κ3) is 5.93. The first-order valence-electron chi connectivity index (χ1n) is 7.06. The normalized spacial score (nSPS) is 14.3. The summed E-state index contributed by atoms with van der Waals surface area (Å²) >= 11 is 0. The summed E-state index contributed by atoms with van der Waals surface area (Å²) in [5, 5.41) is 14.0. The number of carbonyl (C=O) groups is 1. The lowest BCUT2D eigenvalue weighted by Crippen LogP contribution is -2.39. The first-order chi connectivity index (χ1) is 10.2. The number of amides is 2. The van der Waals surface area contributed by atoms with Crippen molar-refractivity contribution < 1.29 is 23.1 Å². The van der Waals surface area contributed by atoms with Gasteiger partial charge in [0.2, 0.25) is 0 Å². The van der Waals surface area contributed by atoms with Crippen LogP contribution >= 0.6 is 0 Å². The van der Waals surface area contributed by atoms with E-state index in [1.807, 2.05) is 6.92 Å². The smallest absolute Gasteiger partial charge is 0.396 e. The van der Waals surface area contributed by atoms with E-state index in [-0.39, 0.29) is 12.5 Å². The summed E-state index contributed by atoms with van der Waals surface area (Å²) in [7, 11) is 0. The van der Waals surface area contributed by atoms with Crippen molar-refractivity contribution >= 4 is 6.03 Å². The molecule has 0 aliphatic carbocycles. The second-order valence-electron chi connectivity index (χ2n) is 5.32. The van der Waals surface area contributed by atoms with E-state index in [1.54, 1.807) is 6.92 Å². The van der Waals surface area contributed by atoms with E-state index in [0.29, 0.717) is 18.5 Å². The summed E-state index contributed by atoms with van der Waals surface area (Å²) in [6.45, 7) is 3.94. The van der Waals surface area contributed by atoms with E-state index in [0.717, 1.165) is 12.1 Å². The Hall–Kier alpha value is -1.76. The van der Waals surface area contributed by atoms with Crippen LogP contribution in [0, 0.1) is 5.92 Å². The minimum Gasteiger partial charge on any atom is -0.396 e. The van der Waals surface area contributed by atoms with Crippen LogP contribution in [0.1, 0.15) is 37.4 Å². The minimum atomic E-state index is -4.41. The molecule has 2 unspecified atom stereocenters. The molecule has 0 heterocycles. The van der Waals surface area contributed by atoms with Crippen LogP contribution in [-0.2, 0) is 6.18 Å². The quantitative estimate of drug-likeness (QED) is 0.755. The van der Waals surface area contributed by atoms with Crippen LogP contribution in [0.2, 0.25) is 0 Å². The van der Waals surface area contributed by atoms with Gasteiger partial charge in [-0.25, -0.2) is 4.79 Å². The van der Waals surface area contributed by atoms with Gasteiger partial charge in [-0.1, -0.05) is 19.1 Å². The first-order valence-corrected chi connectivity index (χ1v) is 7.06. The Kier molecular flexibility index (Phi) is 6.67. The van der Waals surface area contributed by atoms with E-state index in [4.69, 9.17) is 5.11 Å². The summed E-state index contributed by atoms with van der Waals surface area (Å²) in [5.41, 5.74) is -0.357. The zero-order valence-electron chi connectivity index (χ0n) is 12.6. The number of aliphatic hydroxyl groups excluding tert-OH is 1. The summed E-state index contributed by atoms with van der Waals surface area (Å²) in [4.78, 5) is 11.7. The minimum absolute atomic E-state index is 0.0467. The van der Waals surface area contributed by atoms with Crippen molar-refractivity contribution in [2.45, 2.75) is 32.5 Å². The van der Waals surface area contributed by atoms with Gasteiger partial charge in [0.25, 0.3) is 0 Å². The van der Waals surface area contributed by atoms with Gasteiger partial charge in [0.1, 0.15) is 0 Å². The molecule has 0 saturated heterocycles. The molecule has 124 valence electrons. The van der Waals surface area contributed by atoms with E-state index in [9.17, 15) is 18.0 Å². The Morgan fingerprint density at radius 1 is 1.32 bits per heavy atom. The van der Waals surface area contributed by atoms with Gasteiger partial charge in [0.15, 0.2) is 0 Å². The summed E-state index contributed by atoms with van der Waals surface area (Å²) in [6, 6.07) is 3.88. The molecular formula is C15H21F3N2O2. The Morgan fingerprint density at radius 2 is 2.00 bits per heavy atom. The van der Waals surface area contributed by atoms with Crippen LogP contribution in [0.5, 0.6) is 0 Å². The fraction of sp³-hybridized carbons (Fsp3) is 0.533. The number of urea groups is 1. The molecule has 2 atom stereocenters. The molecule has 2 amide bonds. The largest absolute Gasteiger partial charge is 0.416 e. The summed E-state index contributed by atoms with van der Waals surface area (Å²) in [6.07, 6.45) is -3.83. The molecule has 1 rings (SSSR count). The Balaban J connectivity index is 2.58. The second kappa shape index (κ2) is 8.03. The van der Waals surface area contributed by atoms with Crippen molar-refractivity contribution in [3.05, 3.63) is 35.4 Å². The van der Waals surface area contributed by atoms with E-state index in [2.05, 4.69) is 10.6 Å². The standard InChI is InChI=1S/C15H21F3N2O2/c1-10(6-7-21)9-19-14(22)20-11(2)12-4-3-5-13(8-12)15(16,17)18/h3-5,8,10-11,21H,6-7,9H2,1-2H3,(H2,19,20,22). The predicted molar refractivity (Wildman–Crippen MR) is 77.3 cm³/mol. The lowest BCUT2D eigenvalue weighted by atomic mass is 10.1. The van der Waals surface area contributed by atoms with Gasteiger partial charge < -0.3 is 15.7 Å². The van der Waals surface area contributed by atoms with Crippen LogP contribution in [0.15, 0.2) is 24.3 Å². The molecule has 4 nitrogen and oxygen atoms in total. The van der Waals surface area contributed by atoms with Gasteiger partial charge in [0.05, 0.1) is 11.6 Å². The molecule has 1 aromatic carbocycles. The van der Waals surface area contributed by atoms with Gasteiger partial charge in [-0.3, -0.25) is 0 Å². The molecule has 7 heteroatoms. The van der Waals surface area contributed by atoms with E-state index in [1.165, 1.54) is 12.1 Å². The van der Waals surface area contributed by atoms with Crippen molar-refractivity contribution in [1.29, 1.82) is 0 Å². The van der Waals surface area contributed by atoms with E-state index >= 15 is 0 Å². The highest BCUT2D eigenvalue weighted by molar-refractivity contribution is 5.74. The Morgan fingerprint density at radius 3 is 2.59 bits per heavy atom. The number of rotatable bonds is 6. The van der Waals surface area contributed by atoms with Crippen molar-refractivity contribution in [3.8, 4) is 0 Å². The average molecular weight is 318 g/mol. The van der Waals surface area contributed by atoms with Gasteiger partial charge in [-0.05, 0) is 37.0 Å². The molecule has 0 bridgehead atoms. The van der Waals surface area contributed by atoms with Crippen LogP contribution in [-0.4, -0.2) is 24.3 Å². The summed E-state index contributed by atoms with van der Waals surface area (Å²) < 4.78 is 38.0. The molecule has 1 aromatic rings. The fourth-order valence-electron chi connectivity index (χ4n) is 1.90. The highest BCUT2D eigenvalue weighted by Gasteiger charge is 2.30. The molecule has 0 aromatic heterocycles. The molecule has 0 spiro atoms. The number of hydrogen-bond donors (Lipinski definition) is 3. The zero-order chi connectivity index (χ0) is 16.8. The van der Waals surface area contributed by atoms with Crippen molar-refractivity contribution in [2.75, 3.05) is 13.2 Å². The van der Waals surface area contributed by atoms with Crippen molar-refractivity contribution in [3.63, 3.8) is 0 Å². The van der Waals surface area contributed by atoms with Gasteiger partial charge in [-0.15, -0.1) is 0 Å². The Bertz CT molecular complexity index is 492. The molecule has 22 heavy (non-hydrogen) atoms. The number of halogens is 3. The van der Waals surface area contributed by atoms with Crippen molar-refractivity contribution in [1.82, 2.24) is 10.6 Å². The van der Waals surface area contributed by atoms with Crippen LogP contribution in [0.25, 0.3) is 0 Å². The average Bonchev–Trinajstić information content (AvgIpc) is 2.44. The van der Waals surface area contributed by atoms with E-state index < -0.39 is 23.8 Å². The predicted octanol–water partition coefficient (Wildman–Crippen LogP) is 3.08. The number of carbonyl (C=O) groups excluding carboxylic acids is 1. The first kappa shape index (κ1) is 18.3. The maximum absolute atomic E-state index is 12.7. The Labute approximate surface area is 127 Å². The van der Waals surface area contributed by atoms with Gasteiger partial charge in [0, 0.05) is 13.2 Å². The molecule has 0 aliphatic heterocycles. The molecule has 0 aliphatic rings. The van der Waals surface area contributed by atoms with Gasteiger partial charge in [-0.2, -0.15) is 13.2 Å². The topological polar surface area (TPSA) is 61.4 Å². The second-order valence-corrected chi connectivity index (χ2v) is 5.32. The maximum Gasteiger partial charge on any atom is 0.416 e. The third-order valence-electron chi connectivity index (χ3n) is 3.29. The number of alkyl halides is 3. The van der Waals surface area contributed by atoms with Crippen molar-refractivity contribution in [2.24, 2.45) is 5.92 Å². The number of aliphatic hydroxyl groups is 1. The number of hydrogen-bond acceptors (Lipinski definition) is 2.